The van der Waals surface area contributed by atoms with Crippen molar-refractivity contribution in [2.24, 2.45) is 0 Å². The largest absolute Gasteiger partial charge is 0.479 e. The van der Waals surface area contributed by atoms with Gasteiger partial charge in [-0.2, -0.15) is 0 Å². The summed E-state index contributed by atoms with van der Waals surface area (Å²) in [6.07, 6.45) is 0.572. The lowest BCUT2D eigenvalue weighted by atomic mass is 10.1. The summed E-state index contributed by atoms with van der Waals surface area (Å²) in [5.41, 5.74) is 3.22. The van der Waals surface area contributed by atoms with Crippen molar-refractivity contribution in [2.75, 3.05) is 0 Å². The third kappa shape index (κ3) is 3.48. The summed E-state index contributed by atoms with van der Waals surface area (Å²) in [5.74, 6) is -0.214. The number of aryl methyl sites for hydroxylation is 2. The number of rotatable bonds is 5. The van der Waals surface area contributed by atoms with Crippen LogP contribution in [0.3, 0.4) is 0 Å². The zero-order valence-corrected chi connectivity index (χ0v) is 10.9. The van der Waals surface area contributed by atoms with Crippen LogP contribution in [0.15, 0.2) is 12.1 Å². The van der Waals surface area contributed by atoms with Gasteiger partial charge in [-0.25, -0.2) is 4.79 Å². The molecule has 0 aromatic heterocycles. The molecule has 0 spiro atoms. The Bertz CT molecular complexity index is 410. The highest BCUT2D eigenvalue weighted by atomic mass is 16.5. The average Bonchev–Trinajstić information content (AvgIpc) is 2.24. The van der Waals surface area contributed by atoms with E-state index in [9.17, 15) is 4.79 Å². The van der Waals surface area contributed by atoms with E-state index >= 15 is 0 Å². The molecule has 0 saturated carbocycles. The van der Waals surface area contributed by atoms with E-state index in [-0.39, 0.29) is 0 Å². The van der Waals surface area contributed by atoms with Crippen LogP contribution in [0, 0.1) is 20.8 Å². The maximum absolute atomic E-state index is 11.0. The summed E-state index contributed by atoms with van der Waals surface area (Å²) < 4.78 is 5.61. The number of carboxylic acids is 1. The minimum atomic E-state index is -0.898. The quantitative estimate of drug-likeness (QED) is 0.853. The summed E-state index contributed by atoms with van der Waals surface area (Å²) in [5, 5.41) is 9.07. The minimum absolute atomic E-state index is 0.530. The Morgan fingerprint density at radius 3 is 2.53 bits per heavy atom. The fraction of sp³-hybridized carbons (Fsp3) is 0.500. The lowest BCUT2D eigenvalue weighted by Gasteiger charge is -2.17. The van der Waals surface area contributed by atoms with Crippen LogP contribution in [0.25, 0.3) is 0 Å². The number of benzene rings is 1. The fourth-order valence-electron chi connectivity index (χ4n) is 1.77. The van der Waals surface area contributed by atoms with Crippen LogP contribution in [0.5, 0.6) is 5.75 Å². The van der Waals surface area contributed by atoms with Gasteiger partial charge in [-0.05, 0) is 49.9 Å². The van der Waals surface area contributed by atoms with E-state index < -0.39 is 12.1 Å². The second-order valence-electron chi connectivity index (χ2n) is 4.44. The molecule has 1 N–H and O–H groups in total. The predicted molar refractivity (Wildman–Crippen MR) is 67.6 cm³/mol. The number of hydrogen-bond donors (Lipinski definition) is 1. The zero-order valence-electron chi connectivity index (χ0n) is 10.9. The summed E-state index contributed by atoms with van der Waals surface area (Å²) in [4.78, 5) is 11.0. The molecule has 0 radical (unpaired) electrons. The Kier molecular flexibility index (Phi) is 4.55. The molecule has 1 aromatic carbocycles. The van der Waals surface area contributed by atoms with Crippen molar-refractivity contribution in [3.63, 3.8) is 0 Å². The molecular formula is C14H20O3. The topological polar surface area (TPSA) is 46.5 Å². The molecule has 0 aliphatic carbocycles. The standard InChI is InChI=1S/C14H20O3/c1-5-6-12(14(15)16)17-13-8-9(2)7-10(3)11(13)4/h7-8,12H,5-6H2,1-4H3,(H,15,16). The van der Waals surface area contributed by atoms with Crippen LogP contribution in [0.2, 0.25) is 0 Å². The number of aliphatic carboxylic acids is 1. The summed E-state index contributed by atoms with van der Waals surface area (Å²) in [6.45, 7) is 7.89. The molecule has 0 saturated heterocycles. The van der Waals surface area contributed by atoms with E-state index in [1.54, 1.807) is 0 Å². The normalized spacial score (nSPS) is 12.2. The first-order chi connectivity index (χ1) is 7.95. The maximum Gasteiger partial charge on any atom is 0.344 e. The van der Waals surface area contributed by atoms with Gasteiger partial charge in [0.2, 0.25) is 0 Å². The van der Waals surface area contributed by atoms with Crippen LogP contribution in [-0.4, -0.2) is 17.2 Å². The van der Waals surface area contributed by atoms with E-state index in [4.69, 9.17) is 9.84 Å². The predicted octanol–water partition coefficient (Wildman–Crippen LogP) is 3.24. The molecule has 1 aromatic rings. The second-order valence-corrected chi connectivity index (χ2v) is 4.44. The number of carboxylic acid groups (broad SMARTS) is 1. The molecule has 3 nitrogen and oxygen atoms in total. The molecular weight excluding hydrogens is 216 g/mol. The van der Waals surface area contributed by atoms with Crippen molar-refractivity contribution in [3.05, 3.63) is 28.8 Å². The Labute approximate surface area is 102 Å². The molecule has 0 amide bonds. The van der Waals surface area contributed by atoms with Gasteiger partial charge in [-0.3, -0.25) is 0 Å². The van der Waals surface area contributed by atoms with E-state index in [0.717, 1.165) is 23.1 Å². The number of ether oxygens (including phenoxy) is 1. The Morgan fingerprint density at radius 1 is 1.35 bits per heavy atom. The fourth-order valence-corrected chi connectivity index (χ4v) is 1.77. The molecule has 0 heterocycles. The maximum atomic E-state index is 11.0. The van der Waals surface area contributed by atoms with Crippen LogP contribution in [0.1, 0.15) is 36.5 Å². The number of carbonyl (C=O) groups is 1. The average molecular weight is 236 g/mol. The summed E-state index contributed by atoms with van der Waals surface area (Å²) in [7, 11) is 0. The molecule has 17 heavy (non-hydrogen) atoms. The van der Waals surface area contributed by atoms with Gasteiger partial charge in [0.25, 0.3) is 0 Å². The van der Waals surface area contributed by atoms with E-state index in [1.165, 1.54) is 0 Å². The second kappa shape index (κ2) is 5.71. The highest BCUT2D eigenvalue weighted by Crippen LogP contribution is 2.25. The molecule has 1 rings (SSSR count). The van der Waals surface area contributed by atoms with Crippen molar-refractivity contribution in [3.8, 4) is 5.75 Å². The van der Waals surface area contributed by atoms with Crippen molar-refractivity contribution < 1.29 is 14.6 Å². The molecule has 94 valence electrons. The van der Waals surface area contributed by atoms with Crippen LogP contribution < -0.4 is 4.74 Å². The molecule has 0 aliphatic heterocycles. The van der Waals surface area contributed by atoms with Crippen LogP contribution in [0.4, 0.5) is 0 Å². The highest BCUT2D eigenvalue weighted by Gasteiger charge is 2.19. The van der Waals surface area contributed by atoms with Gasteiger partial charge in [0.1, 0.15) is 5.75 Å². The SMILES string of the molecule is CCCC(Oc1cc(C)cc(C)c1C)C(=O)O. The first-order valence-corrected chi connectivity index (χ1v) is 5.93. The van der Waals surface area contributed by atoms with Crippen LogP contribution in [-0.2, 0) is 4.79 Å². The van der Waals surface area contributed by atoms with Gasteiger partial charge in [-0.15, -0.1) is 0 Å². The smallest absolute Gasteiger partial charge is 0.344 e. The first-order valence-electron chi connectivity index (χ1n) is 5.93. The van der Waals surface area contributed by atoms with E-state index in [0.29, 0.717) is 12.2 Å². The van der Waals surface area contributed by atoms with E-state index in [1.807, 2.05) is 33.8 Å². The Hall–Kier alpha value is -1.51. The summed E-state index contributed by atoms with van der Waals surface area (Å²) >= 11 is 0. The van der Waals surface area contributed by atoms with Gasteiger partial charge in [0.05, 0.1) is 0 Å². The van der Waals surface area contributed by atoms with Gasteiger partial charge in [0.15, 0.2) is 6.10 Å². The molecule has 1 unspecified atom stereocenters. The zero-order chi connectivity index (χ0) is 13.0. The number of hydrogen-bond acceptors (Lipinski definition) is 2. The minimum Gasteiger partial charge on any atom is -0.479 e. The van der Waals surface area contributed by atoms with Gasteiger partial charge < -0.3 is 9.84 Å². The van der Waals surface area contributed by atoms with Crippen molar-refractivity contribution in [2.45, 2.75) is 46.6 Å². The monoisotopic (exact) mass is 236 g/mol. The van der Waals surface area contributed by atoms with Gasteiger partial charge in [-0.1, -0.05) is 19.4 Å². The lowest BCUT2D eigenvalue weighted by Crippen LogP contribution is -2.27. The molecule has 3 heteroatoms. The lowest BCUT2D eigenvalue weighted by molar-refractivity contribution is -0.145. The Balaban J connectivity index is 2.96. The van der Waals surface area contributed by atoms with E-state index in [2.05, 4.69) is 6.07 Å². The van der Waals surface area contributed by atoms with Crippen LogP contribution >= 0.6 is 0 Å². The first kappa shape index (κ1) is 13.6. The van der Waals surface area contributed by atoms with Crippen molar-refractivity contribution >= 4 is 5.97 Å². The van der Waals surface area contributed by atoms with Crippen molar-refractivity contribution in [1.29, 1.82) is 0 Å². The highest BCUT2D eigenvalue weighted by molar-refractivity contribution is 5.72. The third-order valence-electron chi connectivity index (χ3n) is 2.86. The van der Waals surface area contributed by atoms with Crippen molar-refractivity contribution in [1.82, 2.24) is 0 Å². The molecule has 1 atom stereocenters. The van der Waals surface area contributed by atoms with Gasteiger partial charge >= 0.3 is 5.97 Å². The molecule has 0 aliphatic rings. The summed E-state index contributed by atoms with van der Waals surface area (Å²) in [6, 6.07) is 3.96. The Morgan fingerprint density at radius 2 is 2.00 bits per heavy atom. The molecule has 0 bridgehead atoms. The van der Waals surface area contributed by atoms with Gasteiger partial charge in [0, 0.05) is 0 Å². The molecule has 0 fully saturated rings. The third-order valence-corrected chi connectivity index (χ3v) is 2.86.